The lowest BCUT2D eigenvalue weighted by molar-refractivity contribution is 0.515. The van der Waals surface area contributed by atoms with Crippen molar-refractivity contribution in [2.75, 3.05) is 5.32 Å². The maximum Gasteiger partial charge on any atom is 0.249 e. The van der Waals surface area contributed by atoms with Gasteiger partial charge in [-0.25, -0.2) is 0 Å². The Bertz CT molecular complexity index is 838. The van der Waals surface area contributed by atoms with Gasteiger partial charge in [0.25, 0.3) is 0 Å². The maximum atomic E-state index is 8.87. The fraction of sp³-hybridized carbons (Fsp3) is 0.0625. The van der Waals surface area contributed by atoms with Gasteiger partial charge in [0.2, 0.25) is 11.8 Å². The monoisotopic (exact) mass is 310 g/mol. The molecule has 0 fully saturated rings. The Balaban J connectivity index is 1.72. The normalized spacial score (nSPS) is 10.2. The molecule has 0 aliphatic carbocycles. The average molecular weight is 311 g/mol. The first kappa shape index (κ1) is 14.1. The van der Waals surface area contributed by atoms with E-state index in [1.807, 2.05) is 30.3 Å². The van der Waals surface area contributed by atoms with Crippen molar-refractivity contribution in [2.24, 2.45) is 0 Å². The molecule has 3 aromatic rings. The Morgan fingerprint density at radius 3 is 2.82 bits per heavy atom. The number of rotatable bonds is 4. The number of hydrogen-bond acceptors (Lipinski definition) is 5. The summed E-state index contributed by atoms with van der Waals surface area (Å²) in [5.41, 5.74) is 2.11. The molecule has 0 spiro atoms. The molecule has 0 aliphatic heterocycles. The van der Waals surface area contributed by atoms with Gasteiger partial charge >= 0.3 is 0 Å². The highest BCUT2D eigenvalue weighted by molar-refractivity contribution is 6.33. The first-order chi connectivity index (χ1) is 10.8. The predicted molar refractivity (Wildman–Crippen MR) is 83.2 cm³/mol. The zero-order valence-corrected chi connectivity index (χ0v) is 12.2. The molecule has 0 radical (unpaired) electrons. The molecule has 6 heteroatoms. The summed E-state index contributed by atoms with van der Waals surface area (Å²) >= 11 is 6.10. The molecule has 0 saturated heterocycles. The van der Waals surface area contributed by atoms with Crippen LogP contribution in [0.3, 0.4) is 0 Å². The van der Waals surface area contributed by atoms with Crippen molar-refractivity contribution >= 4 is 17.3 Å². The third-order valence-electron chi connectivity index (χ3n) is 3.01. The molecular formula is C16H11ClN4O. The van der Waals surface area contributed by atoms with Crippen LogP contribution in [0.4, 0.5) is 5.69 Å². The third kappa shape index (κ3) is 3.08. The van der Waals surface area contributed by atoms with E-state index < -0.39 is 0 Å². The summed E-state index contributed by atoms with van der Waals surface area (Å²) in [6, 6.07) is 16.6. The molecule has 0 saturated carbocycles. The Labute approximate surface area is 132 Å². The van der Waals surface area contributed by atoms with Crippen molar-refractivity contribution in [3.05, 3.63) is 65.0 Å². The zero-order chi connectivity index (χ0) is 15.4. The summed E-state index contributed by atoms with van der Waals surface area (Å²) in [7, 11) is 0. The van der Waals surface area contributed by atoms with Gasteiger partial charge in [-0.1, -0.05) is 29.8 Å². The molecule has 108 valence electrons. The SMILES string of the molecule is N#Cc1cccc(NCc2nnc(-c3ccccc3Cl)o2)c1. The van der Waals surface area contributed by atoms with Crippen LogP contribution in [0.1, 0.15) is 11.5 Å². The van der Waals surface area contributed by atoms with E-state index in [1.54, 1.807) is 18.2 Å². The van der Waals surface area contributed by atoms with Crippen molar-refractivity contribution in [3.63, 3.8) is 0 Å². The summed E-state index contributed by atoms with van der Waals surface area (Å²) < 4.78 is 5.59. The number of nitrogens with zero attached hydrogens (tertiary/aromatic N) is 3. The van der Waals surface area contributed by atoms with E-state index in [4.69, 9.17) is 21.3 Å². The van der Waals surface area contributed by atoms with E-state index in [2.05, 4.69) is 21.6 Å². The summed E-state index contributed by atoms with van der Waals surface area (Å²) in [6.45, 7) is 0.367. The number of halogens is 1. The number of benzene rings is 2. The van der Waals surface area contributed by atoms with Crippen LogP contribution in [-0.2, 0) is 6.54 Å². The molecule has 3 rings (SSSR count). The van der Waals surface area contributed by atoms with Gasteiger partial charge in [0.1, 0.15) is 0 Å². The Kier molecular flexibility index (Phi) is 4.03. The fourth-order valence-corrected chi connectivity index (χ4v) is 2.16. The Morgan fingerprint density at radius 1 is 1.14 bits per heavy atom. The van der Waals surface area contributed by atoms with Gasteiger partial charge in [-0.15, -0.1) is 10.2 Å². The van der Waals surface area contributed by atoms with E-state index in [1.165, 1.54) is 0 Å². The van der Waals surface area contributed by atoms with Crippen molar-refractivity contribution in [3.8, 4) is 17.5 Å². The smallest absolute Gasteiger partial charge is 0.249 e. The van der Waals surface area contributed by atoms with Crippen molar-refractivity contribution < 1.29 is 4.42 Å². The quantitative estimate of drug-likeness (QED) is 0.791. The van der Waals surface area contributed by atoms with E-state index >= 15 is 0 Å². The van der Waals surface area contributed by atoms with E-state index in [-0.39, 0.29) is 0 Å². The number of hydrogen-bond donors (Lipinski definition) is 1. The summed E-state index contributed by atoms with van der Waals surface area (Å²) in [4.78, 5) is 0. The number of aromatic nitrogens is 2. The maximum absolute atomic E-state index is 8.87. The minimum Gasteiger partial charge on any atom is -0.419 e. The van der Waals surface area contributed by atoms with Gasteiger partial charge in [0, 0.05) is 5.69 Å². The van der Waals surface area contributed by atoms with Crippen LogP contribution in [0.15, 0.2) is 52.9 Å². The van der Waals surface area contributed by atoms with Crippen LogP contribution < -0.4 is 5.32 Å². The lowest BCUT2D eigenvalue weighted by atomic mass is 10.2. The molecule has 0 amide bonds. The molecule has 22 heavy (non-hydrogen) atoms. The van der Waals surface area contributed by atoms with Crippen LogP contribution in [0.5, 0.6) is 0 Å². The second kappa shape index (κ2) is 6.29. The van der Waals surface area contributed by atoms with Gasteiger partial charge in [0.05, 0.1) is 28.8 Å². The average Bonchev–Trinajstić information content (AvgIpc) is 3.02. The molecule has 2 aromatic carbocycles. The second-order valence-electron chi connectivity index (χ2n) is 4.53. The van der Waals surface area contributed by atoms with Crippen LogP contribution in [0.25, 0.3) is 11.5 Å². The van der Waals surface area contributed by atoms with Crippen LogP contribution in [0.2, 0.25) is 5.02 Å². The van der Waals surface area contributed by atoms with E-state index in [9.17, 15) is 0 Å². The van der Waals surface area contributed by atoms with E-state index in [0.29, 0.717) is 34.5 Å². The molecule has 0 bridgehead atoms. The van der Waals surface area contributed by atoms with Gasteiger partial charge in [0.15, 0.2) is 0 Å². The molecule has 1 heterocycles. The summed E-state index contributed by atoms with van der Waals surface area (Å²) in [5.74, 6) is 0.824. The molecule has 0 unspecified atom stereocenters. The lowest BCUT2D eigenvalue weighted by Crippen LogP contribution is -1.99. The predicted octanol–water partition coefficient (Wildman–Crippen LogP) is 3.87. The Hall–Kier alpha value is -2.84. The summed E-state index contributed by atoms with van der Waals surface area (Å²) in [5, 5.41) is 20.6. The van der Waals surface area contributed by atoms with Crippen molar-refractivity contribution in [1.29, 1.82) is 5.26 Å². The standard InChI is InChI=1S/C16H11ClN4O/c17-14-7-2-1-6-13(14)16-21-20-15(22-16)10-19-12-5-3-4-11(8-12)9-18/h1-8,19H,10H2. The van der Waals surface area contributed by atoms with Gasteiger partial charge in [-0.3, -0.25) is 0 Å². The minimum atomic E-state index is 0.367. The highest BCUT2D eigenvalue weighted by Crippen LogP contribution is 2.26. The number of nitriles is 1. The largest absolute Gasteiger partial charge is 0.419 e. The van der Waals surface area contributed by atoms with Crippen LogP contribution >= 0.6 is 11.6 Å². The third-order valence-corrected chi connectivity index (χ3v) is 3.34. The highest BCUT2D eigenvalue weighted by Gasteiger charge is 2.11. The molecule has 0 atom stereocenters. The molecule has 5 nitrogen and oxygen atoms in total. The number of anilines is 1. The Morgan fingerprint density at radius 2 is 2.00 bits per heavy atom. The van der Waals surface area contributed by atoms with Crippen LogP contribution in [0, 0.1) is 11.3 Å². The topological polar surface area (TPSA) is 74.7 Å². The van der Waals surface area contributed by atoms with Gasteiger partial charge in [-0.05, 0) is 30.3 Å². The fourth-order valence-electron chi connectivity index (χ4n) is 1.94. The minimum absolute atomic E-state index is 0.367. The molecule has 1 aromatic heterocycles. The first-order valence-electron chi connectivity index (χ1n) is 6.57. The molecule has 0 aliphatic rings. The van der Waals surface area contributed by atoms with E-state index in [0.717, 1.165) is 5.69 Å². The second-order valence-corrected chi connectivity index (χ2v) is 4.93. The molecular weight excluding hydrogens is 300 g/mol. The van der Waals surface area contributed by atoms with Gasteiger partial charge < -0.3 is 9.73 Å². The van der Waals surface area contributed by atoms with Crippen molar-refractivity contribution in [2.45, 2.75) is 6.54 Å². The van der Waals surface area contributed by atoms with Gasteiger partial charge in [-0.2, -0.15) is 5.26 Å². The highest BCUT2D eigenvalue weighted by atomic mass is 35.5. The lowest BCUT2D eigenvalue weighted by Gasteiger charge is -2.03. The van der Waals surface area contributed by atoms with Crippen molar-refractivity contribution in [1.82, 2.24) is 10.2 Å². The van der Waals surface area contributed by atoms with Crippen LogP contribution in [-0.4, -0.2) is 10.2 Å². The summed E-state index contributed by atoms with van der Waals surface area (Å²) in [6.07, 6.45) is 0. The molecule has 1 N–H and O–H groups in total. The number of nitrogens with one attached hydrogen (secondary N) is 1. The zero-order valence-electron chi connectivity index (χ0n) is 11.5. The first-order valence-corrected chi connectivity index (χ1v) is 6.95.